The van der Waals surface area contributed by atoms with Crippen LogP contribution in [-0.4, -0.2) is 88.1 Å². The van der Waals surface area contributed by atoms with Crippen LogP contribution in [0.25, 0.3) is 0 Å². The van der Waals surface area contributed by atoms with Crippen LogP contribution in [0.15, 0.2) is 30.7 Å². The van der Waals surface area contributed by atoms with Crippen LogP contribution in [0, 0.1) is 18.8 Å². The van der Waals surface area contributed by atoms with Gasteiger partial charge in [-0.05, 0) is 46.0 Å². The van der Waals surface area contributed by atoms with E-state index in [4.69, 9.17) is 4.74 Å². The van der Waals surface area contributed by atoms with Gasteiger partial charge in [-0.2, -0.15) is 0 Å². The molecular weight excluding hydrogens is 404 g/mol. The van der Waals surface area contributed by atoms with Gasteiger partial charge in [-0.25, -0.2) is 4.98 Å². The molecular formula is C24H36N6O2. The fourth-order valence-electron chi connectivity index (χ4n) is 4.86. The zero-order valence-electron chi connectivity index (χ0n) is 19.8. The van der Waals surface area contributed by atoms with Crippen LogP contribution in [0.5, 0.6) is 5.75 Å². The number of aromatic nitrogens is 3. The molecule has 8 heteroatoms. The third-order valence-electron chi connectivity index (χ3n) is 6.82. The summed E-state index contributed by atoms with van der Waals surface area (Å²) in [4.78, 5) is 28.9. The smallest absolute Gasteiger partial charge is 0.227 e. The first-order valence-corrected chi connectivity index (χ1v) is 11.6. The SMILES string of the molecule is Cc1ccc(OC[C@H]2C[C@@H](C(=O)N3CCC(N(C)C)C3)CN(Cc3nccn3C)C2)cn1. The Bertz CT molecular complexity index is 896. The first kappa shape index (κ1) is 22.7. The van der Waals surface area contributed by atoms with Gasteiger partial charge in [-0.3, -0.25) is 14.7 Å². The van der Waals surface area contributed by atoms with Crippen LogP contribution in [0.3, 0.4) is 0 Å². The van der Waals surface area contributed by atoms with Crippen LogP contribution >= 0.6 is 0 Å². The van der Waals surface area contributed by atoms with E-state index in [9.17, 15) is 4.79 Å². The minimum atomic E-state index is -0.00493. The Labute approximate surface area is 191 Å². The Morgan fingerprint density at radius 3 is 2.72 bits per heavy atom. The molecule has 2 saturated heterocycles. The van der Waals surface area contributed by atoms with E-state index in [1.54, 1.807) is 6.20 Å². The molecule has 4 heterocycles. The van der Waals surface area contributed by atoms with Gasteiger partial charge in [0.05, 0.1) is 25.3 Å². The highest BCUT2D eigenvalue weighted by molar-refractivity contribution is 5.79. The molecule has 0 bridgehead atoms. The van der Waals surface area contributed by atoms with E-state index in [0.29, 0.717) is 18.6 Å². The number of carbonyl (C=O) groups is 1. The molecule has 2 aliphatic rings. The number of likely N-dealkylation sites (N-methyl/N-ethyl adjacent to an activating group) is 1. The third kappa shape index (κ3) is 5.48. The minimum Gasteiger partial charge on any atom is -0.492 e. The molecule has 8 nitrogen and oxygen atoms in total. The van der Waals surface area contributed by atoms with Crippen LogP contribution in [0.2, 0.25) is 0 Å². The predicted molar refractivity (Wildman–Crippen MR) is 123 cm³/mol. The predicted octanol–water partition coefficient (Wildman–Crippen LogP) is 1.80. The average Bonchev–Trinajstić information content (AvgIpc) is 3.42. The highest BCUT2D eigenvalue weighted by Gasteiger charge is 2.37. The van der Waals surface area contributed by atoms with E-state index in [2.05, 4.69) is 43.3 Å². The quantitative estimate of drug-likeness (QED) is 0.654. The zero-order valence-corrected chi connectivity index (χ0v) is 19.8. The maximum absolute atomic E-state index is 13.4. The normalized spacial score (nSPS) is 24.3. The van der Waals surface area contributed by atoms with Gasteiger partial charge in [0.2, 0.25) is 5.91 Å². The van der Waals surface area contributed by atoms with Crippen molar-refractivity contribution in [3.05, 3.63) is 42.2 Å². The number of imidazole rings is 1. The van der Waals surface area contributed by atoms with Crippen molar-refractivity contribution < 1.29 is 9.53 Å². The maximum atomic E-state index is 13.4. The molecule has 1 amide bonds. The van der Waals surface area contributed by atoms with Crippen LogP contribution in [-0.2, 0) is 18.4 Å². The summed E-state index contributed by atoms with van der Waals surface area (Å²) in [5.41, 5.74) is 0.976. The van der Waals surface area contributed by atoms with E-state index in [1.807, 2.05) is 38.5 Å². The lowest BCUT2D eigenvalue weighted by atomic mass is 9.88. The number of hydrogen-bond donors (Lipinski definition) is 0. The van der Waals surface area contributed by atoms with Gasteiger partial charge in [-0.15, -0.1) is 0 Å². The summed E-state index contributed by atoms with van der Waals surface area (Å²) in [6, 6.07) is 4.38. The summed E-state index contributed by atoms with van der Waals surface area (Å²) in [5.74, 6) is 2.38. The monoisotopic (exact) mass is 440 g/mol. The largest absolute Gasteiger partial charge is 0.492 e. The minimum absolute atomic E-state index is 0.00493. The summed E-state index contributed by atoms with van der Waals surface area (Å²) >= 11 is 0. The summed E-state index contributed by atoms with van der Waals surface area (Å²) in [5, 5.41) is 0. The summed E-state index contributed by atoms with van der Waals surface area (Å²) < 4.78 is 8.12. The number of rotatable bonds is 7. The Balaban J connectivity index is 1.43. The molecule has 0 radical (unpaired) electrons. The Hall–Kier alpha value is -2.45. The van der Waals surface area contributed by atoms with Gasteiger partial charge in [-0.1, -0.05) is 0 Å². The number of aryl methyl sites for hydroxylation is 2. The molecule has 2 fully saturated rings. The molecule has 0 N–H and O–H groups in total. The van der Waals surface area contributed by atoms with Crippen molar-refractivity contribution in [2.24, 2.45) is 18.9 Å². The second-order valence-electron chi connectivity index (χ2n) is 9.58. The number of ether oxygens (including phenoxy) is 1. The number of piperidine rings is 1. The van der Waals surface area contributed by atoms with Crippen LogP contribution in [0.1, 0.15) is 24.4 Å². The molecule has 0 aliphatic carbocycles. The summed E-state index contributed by atoms with van der Waals surface area (Å²) in [6.07, 6.45) is 7.49. The van der Waals surface area contributed by atoms with Crippen molar-refractivity contribution in [3.8, 4) is 5.75 Å². The van der Waals surface area contributed by atoms with Crippen molar-refractivity contribution in [1.29, 1.82) is 0 Å². The molecule has 0 saturated carbocycles. The average molecular weight is 441 g/mol. The zero-order chi connectivity index (χ0) is 22.7. The fourth-order valence-corrected chi connectivity index (χ4v) is 4.86. The third-order valence-corrected chi connectivity index (χ3v) is 6.82. The van der Waals surface area contributed by atoms with E-state index >= 15 is 0 Å². The number of nitrogens with zero attached hydrogens (tertiary/aromatic N) is 6. The molecule has 32 heavy (non-hydrogen) atoms. The van der Waals surface area contributed by atoms with Crippen molar-refractivity contribution in [2.45, 2.75) is 32.4 Å². The topological polar surface area (TPSA) is 66.7 Å². The number of likely N-dealkylation sites (tertiary alicyclic amines) is 2. The molecule has 174 valence electrons. The second kappa shape index (κ2) is 10.0. The molecule has 4 rings (SSSR count). The summed E-state index contributed by atoms with van der Waals surface area (Å²) in [7, 11) is 6.22. The maximum Gasteiger partial charge on any atom is 0.227 e. The first-order valence-electron chi connectivity index (χ1n) is 11.6. The van der Waals surface area contributed by atoms with E-state index in [-0.39, 0.29) is 11.8 Å². The first-order chi connectivity index (χ1) is 15.4. The summed E-state index contributed by atoms with van der Waals surface area (Å²) in [6.45, 7) is 6.66. The number of amides is 1. The second-order valence-corrected chi connectivity index (χ2v) is 9.58. The number of pyridine rings is 1. The number of hydrogen-bond acceptors (Lipinski definition) is 6. The van der Waals surface area contributed by atoms with Crippen LogP contribution < -0.4 is 4.74 Å². The molecule has 2 aliphatic heterocycles. The Morgan fingerprint density at radius 2 is 2.06 bits per heavy atom. The molecule has 2 aromatic rings. The van der Waals surface area contributed by atoms with Gasteiger partial charge in [0.15, 0.2) is 0 Å². The lowest BCUT2D eigenvalue weighted by Crippen LogP contribution is -2.48. The van der Waals surface area contributed by atoms with Crippen molar-refractivity contribution >= 4 is 5.91 Å². The van der Waals surface area contributed by atoms with Gasteiger partial charge >= 0.3 is 0 Å². The van der Waals surface area contributed by atoms with Crippen molar-refractivity contribution in [1.82, 2.24) is 29.2 Å². The molecule has 2 aromatic heterocycles. The van der Waals surface area contributed by atoms with Gasteiger partial charge in [0.1, 0.15) is 11.6 Å². The molecule has 0 spiro atoms. The van der Waals surface area contributed by atoms with Crippen LogP contribution in [0.4, 0.5) is 0 Å². The van der Waals surface area contributed by atoms with Crippen molar-refractivity contribution in [3.63, 3.8) is 0 Å². The van der Waals surface area contributed by atoms with Gasteiger partial charge in [0.25, 0.3) is 0 Å². The standard InChI is InChI=1S/C24H36N6O2/c1-18-5-6-22(12-26-18)32-17-19-11-20(24(31)30-9-7-21(15-30)27(2)3)14-29(13-19)16-23-25-8-10-28(23)4/h5-6,8,10,12,19-21H,7,9,11,13-17H2,1-4H3/t19-,20+,21?/m0/s1. The Kier molecular flexibility index (Phi) is 7.10. The lowest BCUT2D eigenvalue weighted by molar-refractivity contribution is -0.137. The van der Waals surface area contributed by atoms with E-state index < -0.39 is 0 Å². The fraction of sp³-hybridized carbons (Fsp3) is 0.625. The lowest BCUT2D eigenvalue weighted by Gasteiger charge is -2.38. The number of carbonyl (C=O) groups excluding carboxylic acids is 1. The highest BCUT2D eigenvalue weighted by atomic mass is 16.5. The molecule has 0 aromatic carbocycles. The van der Waals surface area contributed by atoms with E-state index in [1.165, 1.54) is 0 Å². The van der Waals surface area contributed by atoms with Crippen molar-refractivity contribution in [2.75, 3.05) is 46.9 Å². The molecule has 3 atom stereocenters. The van der Waals surface area contributed by atoms with Gasteiger partial charge in [0, 0.05) is 63.3 Å². The van der Waals surface area contributed by atoms with Gasteiger partial charge < -0.3 is 19.1 Å². The molecule has 1 unspecified atom stereocenters. The van der Waals surface area contributed by atoms with E-state index in [0.717, 1.165) is 62.8 Å². The Morgan fingerprint density at radius 1 is 1.22 bits per heavy atom. The highest BCUT2D eigenvalue weighted by Crippen LogP contribution is 2.27.